The number of carbonyl (C=O) groups is 1. The number of fused-ring (bicyclic) bond motifs is 1. The Bertz CT molecular complexity index is 1070. The van der Waals surface area contributed by atoms with E-state index in [1.54, 1.807) is 12.1 Å². The van der Waals surface area contributed by atoms with Crippen molar-refractivity contribution >= 4 is 41.2 Å². The number of ether oxygens (including phenoxy) is 1. The van der Waals surface area contributed by atoms with Crippen molar-refractivity contribution in [3.05, 3.63) is 65.3 Å². The van der Waals surface area contributed by atoms with E-state index in [-0.39, 0.29) is 41.8 Å². The standard InChI is InChI=1S/C24H25FN2O4.Na/c1-16-20(26-24(31-16)17-7-9-18(25)10-8-17)12-15-30-22-6-2-5-21-19(22)4-3-13-27(21)14-11-23(28)29;/h2,5-10H,3-4,11-15H2,1H3,(H,28,29);. The van der Waals surface area contributed by atoms with Crippen molar-refractivity contribution in [3.8, 4) is 17.2 Å². The van der Waals surface area contributed by atoms with E-state index < -0.39 is 5.97 Å². The molecule has 32 heavy (non-hydrogen) atoms. The minimum absolute atomic E-state index is 0. The van der Waals surface area contributed by atoms with Crippen LogP contribution in [-0.4, -0.2) is 65.3 Å². The monoisotopic (exact) mass is 447 g/mol. The summed E-state index contributed by atoms with van der Waals surface area (Å²) < 4.78 is 25.0. The van der Waals surface area contributed by atoms with E-state index >= 15 is 0 Å². The largest absolute Gasteiger partial charge is 0.493 e. The van der Waals surface area contributed by atoms with Gasteiger partial charge in [0.2, 0.25) is 5.89 Å². The van der Waals surface area contributed by atoms with Crippen LogP contribution < -0.4 is 9.64 Å². The molecule has 3 aromatic rings. The average Bonchev–Trinajstić information content (AvgIpc) is 3.13. The third kappa shape index (κ3) is 5.71. The summed E-state index contributed by atoms with van der Waals surface area (Å²) >= 11 is 0. The second kappa shape index (κ2) is 11.0. The molecule has 0 spiro atoms. The second-order valence-corrected chi connectivity index (χ2v) is 7.62. The maximum Gasteiger partial charge on any atom is 0.305 e. The molecule has 0 saturated heterocycles. The molecule has 0 unspecified atom stereocenters. The molecule has 0 bridgehead atoms. The summed E-state index contributed by atoms with van der Waals surface area (Å²) in [5, 5.41) is 9.00. The van der Waals surface area contributed by atoms with Gasteiger partial charge in [0.1, 0.15) is 17.3 Å². The minimum atomic E-state index is -0.789. The van der Waals surface area contributed by atoms with E-state index in [0.717, 1.165) is 53.4 Å². The summed E-state index contributed by atoms with van der Waals surface area (Å²) in [6.45, 7) is 3.66. The minimum Gasteiger partial charge on any atom is -0.493 e. The van der Waals surface area contributed by atoms with Gasteiger partial charge in [0.05, 0.1) is 18.7 Å². The van der Waals surface area contributed by atoms with E-state index in [4.69, 9.17) is 14.3 Å². The predicted molar refractivity (Wildman–Crippen MR) is 121 cm³/mol. The van der Waals surface area contributed by atoms with Crippen LogP contribution in [0, 0.1) is 12.7 Å². The Hall–Kier alpha value is -2.35. The van der Waals surface area contributed by atoms with E-state index in [0.29, 0.717) is 25.5 Å². The fraction of sp³-hybridized carbons (Fsp3) is 0.333. The van der Waals surface area contributed by atoms with Crippen molar-refractivity contribution < 1.29 is 23.4 Å². The Morgan fingerprint density at radius 2 is 2.03 bits per heavy atom. The maximum absolute atomic E-state index is 13.1. The molecule has 1 aliphatic heterocycles. The smallest absolute Gasteiger partial charge is 0.305 e. The Morgan fingerprint density at radius 1 is 1.25 bits per heavy atom. The number of halogens is 1. The molecular weight excluding hydrogens is 422 g/mol. The molecule has 8 heteroatoms. The van der Waals surface area contributed by atoms with Gasteiger partial charge in [-0.25, -0.2) is 9.37 Å². The van der Waals surface area contributed by atoms with E-state index in [1.807, 2.05) is 25.1 Å². The number of carboxylic acids is 1. The number of aromatic nitrogens is 1. The summed E-state index contributed by atoms with van der Waals surface area (Å²) in [5.74, 6) is 0.935. The van der Waals surface area contributed by atoms with Crippen molar-refractivity contribution in [1.29, 1.82) is 0 Å². The summed E-state index contributed by atoms with van der Waals surface area (Å²) in [6, 6.07) is 12.0. The van der Waals surface area contributed by atoms with Crippen LogP contribution in [0.25, 0.3) is 11.5 Å². The van der Waals surface area contributed by atoms with Gasteiger partial charge in [0.15, 0.2) is 0 Å². The van der Waals surface area contributed by atoms with Crippen molar-refractivity contribution in [2.24, 2.45) is 0 Å². The Kier molecular flexibility index (Phi) is 8.34. The van der Waals surface area contributed by atoms with Crippen LogP contribution in [0.4, 0.5) is 10.1 Å². The van der Waals surface area contributed by atoms with Gasteiger partial charge >= 0.3 is 5.97 Å². The van der Waals surface area contributed by atoms with Gasteiger partial charge in [-0.05, 0) is 56.2 Å². The summed E-state index contributed by atoms with van der Waals surface area (Å²) in [4.78, 5) is 17.6. The molecule has 6 nitrogen and oxygen atoms in total. The Labute approximate surface area is 208 Å². The predicted octanol–water partition coefficient (Wildman–Crippen LogP) is 4.26. The zero-order valence-electron chi connectivity index (χ0n) is 18.4. The molecule has 0 fully saturated rings. The molecule has 2 heterocycles. The van der Waals surface area contributed by atoms with Gasteiger partial charge in [0.25, 0.3) is 0 Å². The van der Waals surface area contributed by atoms with E-state index in [9.17, 15) is 9.18 Å². The quantitative estimate of drug-likeness (QED) is 0.520. The number of hydrogen-bond donors (Lipinski definition) is 1. The van der Waals surface area contributed by atoms with Crippen LogP contribution in [-0.2, 0) is 17.6 Å². The number of oxazole rings is 1. The topological polar surface area (TPSA) is 75.8 Å². The second-order valence-electron chi connectivity index (χ2n) is 7.62. The first-order valence-electron chi connectivity index (χ1n) is 10.4. The van der Waals surface area contributed by atoms with Crippen LogP contribution in [0.2, 0.25) is 0 Å². The number of aliphatic carboxylic acids is 1. The van der Waals surface area contributed by atoms with Crippen LogP contribution >= 0.6 is 0 Å². The molecule has 0 atom stereocenters. The van der Waals surface area contributed by atoms with Crippen molar-refractivity contribution in [2.45, 2.75) is 32.6 Å². The van der Waals surface area contributed by atoms with Gasteiger partial charge < -0.3 is 19.2 Å². The first kappa shape index (κ1) is 24.3. The number of carboxylic acid groups (broad SMARTS) is 1. The molecule has 0 amide bonds. The number of anilines is 1. The van der Waals surface area contributed by atoms with Gasteiger partial charge in [-0.1, -0.05) is 6.07 Å². The molecule has 0 aliphatic carbocycles. The molecule has 163 valence electrons. The van der Waals surface area contributed by atoms with Gasteiger partial charge in [0, 0.05) is 65.9 Å². The van der Waals surface area contributed by atoms with Crippen LogP contribution in [0.5, 0.6) is 5.75 Å². The van der Waals surface area contributed by atoms with Crippen LogP contribution in [0.3, 0.4) is 0 Å². The normalized spacial score (nSPS) is 12.8. The van der Waals surface area contributed by atoms with Gasteiger partial charge in [-0.15, -0.1) is 0 Å². The molecule has 1 aliphatic rings. The summed E-state index contributed by atoms with van der Waals surface area (Å²) in [6.07, 6.45) is 2.58. The van der Waals surface area contributed by atoms with Crippen molar-refractivity contribution in [1.82, 2.24) is 4.98 Å². The molecule has 1 radical (unpaired) electrons. The Morgan fingerprint density at radius 3 is 2.78 bits per heavy atom. The third-order valence-electron chi connectivity index (χ3n) is 5.48. The number of nitrogens with zero attached hydrogens (tertiary/aromatic N) is 2. The average molecular weight is 447 g/mol. The zero-order valence-corrected chi connectivity index (χ0v) is 20.4. The van der Waals surface area contributed by atoms with Gasteiger partial charge in [-0.2, -0.15) is 0 Å². The number of aryl methyl sites for hydroxylation is 1. The zero-order chi connectivity index (χ0) is 21.8. The van der Waals surface area contributed by atoms with Crippen LogP contribution in [0.15, 0.2) is 46.9 Å². The molecule has 1 N–H and O–H groups in total. The molecule has 4 rings (SSSR count). The Balaban J connectivity index is 0.00000289. The number of rotatable bonds is 8. The number of benzene rings is 2. The number of hydrogen-bond acceptors (Lipinski definition) is 5. The molecular formula is C24H25FN2NaO4. The van der Waals surface area contributed by atoms with E-state index in [2.05, 4.69) is 9.88 Å². The van der Waals surface area contributed by atoms with Crippen LogP contribution in [0.1, 0.15) is 29.9 Å². The first-order valence-corrected chi connectivity index (χ1v) is 10.4. The molecule has 2 aromatic carbocycles. The van der Waals surface area contributed by atoms with Crippen molar-refractivity contribution in [2.75, 3.05) is 24.6 Å². The summed E-state index contributed by atoms with van der Waals surface area (Å²) in [5.41, 5.74) is 3.73. The van der Waals surface area contributed by atoms with E-state index in [1.165, 1.54) is 12.1 Å². The van der Waals surface area contributed by atoms with Crippen molar-refractivity contribution in [3.63, 3.8) is 0 Å². The summed E-state index contributed by atoms with van der Waals surface area (Å²) in [7, 11) is 0. The maximum atomic E-state index is 13.1. The molecule has 0 saturated carbocycles. The molecule has 1 aromatic heterocycles. The fourth-order valence-corrected chi connectivity index (χ4v) is 3.90. The SMILES string of the molecule is Cc1oc(-c2ccc(F)cc2)nc1CCOc1cccc2c1CCCN2CCC(=O)O.[Na]. The van der Waals surface area contributed by atoms with Gasteiger partial charge in [-0.3, -0.25) is 4.79 Å². The first-order chi connectivity index (χ1) is 15.0. The fourth-order valence-electron chi connectivity index (χ4n) is 3.90. The third-order valence-corrected chi connectivity index (χ3v) is 5.48.